The first kappa shape index (κ1) is 19.6. The molecule has 4 heteroatoms. The van der Waals surface area contributed by atoms with E-state index in [-0.39, 0.29) is 12.0 Å². The van der Waals surface area contributed by atoms with Gasteiger partial charge in [0.2, 0.25) is 0 Å². The quantitative estimate of drug-likeness (QED) is 0.760. The molecular weight excluding hydrogens is 336 g/mol. The zero-order valence-corrected chi connectivity index (χ0v) is 16.1. The molecule has 0 saturated carbocycles. The fraction of sp³-hybridized carbons (Fsp3) is 0.435. The minimum absolute atomic E-state index is 0.122. The predicted octanol–water partition coefficient (Wildman–Crippen LogP) is 4.45. The molecule has 144 valence electrons. The molecule has 0 spiro atoms. The molecule has 1 unspecified atom stereocenters. The first-order valence-electron chi connectivity index (χ1n) is 9.97. The molecule has 0 aromatic heterocycles. The van der Waals surface area contributed by atoms with E-state index in [1.54, 1.807) is 0 Å². The number of nitrogens with two attached hydrogens (primary N) is 1. The second kappa shape index (κ2) is 9.16. The molecule has 3 N–H and O–H groups in total. The molecule has 1 atom stereocenters. The van der Waals surface area contributed by atoms with Crippen LogP contribution in [0.1, 0.15) is 49.8 Å². The van der Waals surface area contributed by atoms with Crippen LogP contribution in [0.5, 0.6) is 0 Å². The van der Waals surface area contributed by atoms with Gasteiger partial charge in [-0.2, -0.15) is 0 Å². The summed E-state index contributed by atoms with van der Waals surface area (Å²) in [4.78, 5) is 13.4. The zero-order chi connectivity index (χ0) is 19.2. The van der Waals surface area contributed by atoms with Crippen molar-refractivity contribution in [2.75, 3.05) is 13.1 Å². The highest BCUT2D eigenvalue weighted by Crippen LogP contribution is 2.24. The molecule has 0 radical (unpaired) electrons. The molecule has 0 aliphatic carbocycles. The molecule has 3 rings (SSSR count). The average Bonchev–Trinajstić information content (AvgIpc) is 2.69. The Balaban J connectivity index is 1.58. The van der Waals surface area contributed by atoms with Gasteiger partial charge < -0.3 is 10.8 Å². The summed E-state index contributed by atoms with van der Waals surface area (Å²) in [5.41, 5.74) is 11.1. The first-order valence-corrected chi connectivity index (χ1v) is 9.97. The summed E-state index contributed by atoms with van der Waals surface area (Å²) in [7, 11) is 0. The molecule has 0 bridgehead atoms. The van der Waals surface area contributed by atoms with Gasteiger partial charge in [0, 0.05) is 12.6 Å². The van der Waals surface area contributed by atoms with E-state index < -0.39 is 5.97 Å². The van der Waals surface area contributed by atoms with Crippen molar-refractivity contribution in [3.05, 3.63) is 59.7 Å². The van der Waals surface area contributed by atoms with Gasteiger partial charge in [-0.3, -0.25) is 9.69 Å². The molecule has 2 aromatic carbocycles. The lowest BCUT2D eigenvalue weighted by Gasteiger charge is -2.30. The Morgan fingerprint density at radius 3 is 2.15 bits per heavy atom. The average molecular weight is 367 g/mol. The fourth-order valence-electron chi connectivity index (χ4n) is 3.80. The third-order valence-electron chi connectivity index (χ3n) is 5.57. The molecule has 27 heavy (non-hydrogen) atoms. The van der Waals surface area contributed by atoms with E-state index in [2.05, 4.69) is 60.4 Å². The highest BCUT2D eigenvalue weighted by Gasteiger charge is 2.24. The topological polar surface area (TPSA) is 66.6 Å². The van der Waals surface area contributed by atoms with Gasteiger partial charge in [0.05, 0.1) is 5.92 Å². The second-order valence-corrected chi connectivity index (χ2v) is 7.60. The van der Waals surface area contributed by atoms with E-state index in [4.69, 9.17) is 10.8 Å². The van der Waals surface area contributed by atoms with Gasteiger partial charge in [0.25, 0.3) is 0 Å². The van der Waals surface area contributed by atoms with Crippen LogP contribution in [0.15, 0.2) is 48.5 Å². The Kier molecular flexibility index (Phi) is 6.64. The maximum absolute atomic E-state index is 11.1. The Hall–Kier alpha value is -2.17. The van der Waals surface area contributed by atoms with Crippen LogP contribution in [-0.4, -0.2) is 29.1 Å². The number of benzene rings is 2. The van der Waals surface area contributed by atoms with Crippen LogP contribution in [0.4, 0.5) is 0 Å². The summed E-state index contributed by atoms with van der Waals surface area (Å²) in [6.45, 7) is 4.76. The number of carbonyl (C=O) groups is 1. The molecule has 4 nitrogen and oxygen atoms in total. The van der Waals surface area contributed by atoms with Gasteiger partial charge >= 0.3 is 5.97 Å². The van der Waals surface area contributed by atoms with Gasteiger partial charge in [-0.05, 0) is 54.6 Å². The van der Waals surface area contributed by atoms with Gasteiger partial charge in [-0.1, -0.05) is 61.9 Å². The number of piperidine rings is 1. The van der Waals surface area contributed by atoms with E-state index in [9.17, 15) is 4.79 Å². The minimum Gasteiger partial charge on any atom is -0.481 e. The van der Waals surface area contributed by atoms with Crippen LogP contribution >= 0.6 is 0 Å². The molecular formula is C23H30N2O2. The second-order valence-electron chi connectivity index (χ2n) is 7.60. The lowest BCUT2D eigenvalue weighted by Crippen LogP contribution is -2.35. The van der Waals surface area contributed by atoms with Crippen LogP contribution in [0.3, 0.4) is 0 Å². The molecule has 0 amide bonds. The molecule has 1 fully saturated rings. The van der Waals surface area contributed by atoms with Crippen molar-refractivity contribution < 1.29 is 9.90 Å². The van der Waals surface area contributed by atoms with Crippen LogP contribution in [0.25, 0.3) is 11.1 Å². The monoisotopic (exact) mass is 366 g/mol. The summed E-state index contributed by atoms with van der Waals surface area (Å²) in [6.07, 6.45) is 3.61. The summed E-state index contributed by atoms with van der Waals surface area (Å²) in [6, 6.07) is 17.4. The maximum atomic E-state index is 11.1. The summed E-state index contributed by atoms with van der Waals surface area (Å²) in [5.74, 6) is -0.822. The lowest BCUT2D eigenvalue weighted by molar-refractivity contribution is -0.143. The molecule has 1 saturated heterocycles. The van der Waals surface area contributed by atoms with Crippen molar-refractivity contribution in [1.82, 2.24) is 4.90 Å². The van der Waals surface area contributed by atoms with E-state index in [1.165, 1.54) is 22.3 Å². The number of aliphatic carboxylic acids is 1. The Labute approximate surface area is 162 Å². The Bertz CT molecular complexity index is 732. The summed E-state index contributed by atoms with van der Waals surface area (Å²) < 4.78 is 0. The largest absolute Gasteiger partial charge is 0.481 e. The van der Waals surface area contributed by atoms with Crippen molar-refractivity contribution in [3.8, 4) is 11.1 Å². The third-order valence-corrected chi connectivity index (χ3v) is 5.57. The van der Waals surface area contributed by atoms with Crippen molar-refractivity contribution in [1.29, 1.82) is 0 Å². The molecule has 2 aromatic rings. The number of carboxylic acids is 1. The predicted molar refractivity (Wildman–Crippen MR) is 109 cm³/mol. The van der Waals surface area contributed by atoms with Crippen molar-refractivity contribution in [2.45, 2.75) is 45.2 Å². The van der Waals surface area contributed by atoms with E-state index in [1.807, 2.05) is 0 Å². The standard InChI is InChI=1S/C23H30N2O2/c1-2-3-22(24)20-10-8-19(9-11-20)18-6-4-17(5-7-18)16-25-14-12-21(13-15-25)23(26)27/h4-11,21-22H,2-3,12-16,24H2,1H3,(H,26,27). The van der Waals surface area contributed by atoms with Crippen molar-refractivity contribution in [2.24, 2.45) is 11.7 Å². The molecule has 1 heterocycles. The van der Waals surface area contributed by atoms with Crippen molar-refractivity contribution >= 4 is 5.97 Å². The van der Waals surface area contributed by atoms with Gasteiger partial charge in [-0.25, -0.2) is 0 Å². The van der Waals surface area contributed by atoms with Crippen LogP contribution in [0.2, 0.25) is 0 Å². The van der Waals surface area contributed by atoms with Crippen LogP contribution in [0, 0.1) is 5.92 Å². The number of rotatable bonds is 7. The maximum Gasteiger partial charge on any atom is 0.306 e. The van der Waals surface area contributed by atoms with Crippen LogP contribution in [-0.2, 0) is 11.3 Å². The van der Waals surface area contributed by atoms with Gasteiger partial charge in [0.15, 0.2) is 0 Å². The normalized spacial score (nSPS) is 17.0. The molecule has 1 aliphatic heterocycles. The highest BCUT2D eigenvalue weighted by atomic mass is 16.4. The zero-order valence-electron chi connectivity index (χ0n) is 16.1. The highest BCUT2D eigenvalue weighted by molar-refractivity contribution is 5.70. The number of hydrogen-bond acceptors (Lipinski definition) is 3. The van der Waals surface area contributed by atoms with Gasteiger partial charge in [0.1, 0.15) is 0 Å². The first-order chi connectivity index (χ1) is 13.1. The van der Waals surface area contributed by atoms with E-state index >= 15 is 0 Å². The Morgan fingerprint density at radius 1 is 1.07 bits per heavy atom. The van der Waals surface area contributed by atoms with Crippen molar-refractivity contribution in [3.63, 3.8) is 0 Å². The third kappa shape index (κ3) is 5.18. The number of likely N-dealkylation sites (tertiary alicyclic amines) is 1. The Morgan fingerprint density at radius 2 is 1.63 bits per heavy atom. The van der Waals surface area contributed by atoms with E-state index in [0.29, 0.717) is 0 Å². The number of carboxylic acid groups (broad SMARTS) is 1. The lowest BCUT2D eigenvalue weighted by atomic mass is 9.96. The SMILES string of the molecule is CCCC(N)c1ccc(-c2ccc(CN3CCC(C(=O)O)CC3)cc2)cc1. The summed E-state index contributed by atoms with van der Waals surface area (Å²) >= 11 is 0. The van der Waals surface area contributed by atoms with Crippen LogP contribution < -0.4 is 5.73 Å². The number of hydrogen-bond donors (Lipinski definition) is 2. The molecule has 1 aliphatic rings. The fourth-order valence-corrected chi connectivity index (χ4v) is 3.80. The smallest absolute Gasteiger partial charge is 0.306 e. The number of nitrogens with zero attached hydrogens (tertiary/aromatic N) is 1. The summed E-state index contributed by atoms with van der Waals surface area (Å²) in [5, 5.41) is 9.10. The minimum atomic E-state index is -0.652. The van der Waals surface area contributed by atoms with E-state index in [0.717, 1.165) is 45.3 Å². The van der Waals surface area contributed by atoms with Gasteiger partial charge in [-0.15, -0.1) is 0 Å².